The third kappa shape index (κ3) is 3.31. The molecule has 0 radical (unpaired) electrons. The third-order valence-electron chi connectivity index (χ3n) is 5.13. The summed E-state index contributed by atoms with van der Waals surface area (Å²) in [4.78, 5) is 13.1. The minimum atomic E-state index is -1.05. The minimum absolute atomic E-state index is 0.0696. The Labute approximate surface area is 170 Å². The van der Waals surface area contributed by atoms with Crippen LogP contribution in [0, 0.1) is 0 Å². The first-order valence-corrected chi connectivity index (χ1v) is 9.67. The van der Waals surface area contributed by atoms with Crippen LogP contribution in [0.15, 0.2) is 42.2 Å². The number of benzene rings is 2. The lowest BCUT2D eigenvalue weighted by molar-refractivity contribution is -0.158. The summed E-state index contributed by atoms with van der Waals surface area (Å²) in [6, 6.07) is 10.5. The van der Waals surface area contributed by atoms with Gasteiger partial charge in [-0.15, -0.1) is 0 Å². The van der Waals surface area contributed by atoms with Gasteiger partial charge in [-0.3, -0.25) is 4.79 Å². The Kier molecular flexibility index (Phi) is 5.07. The topological polar surface area (TPSA) is 66.8 Å². The first-order valence-electron chi connectivity index (χ1n) is 9.29. The van der Waals surface area contributed by atoms with Crippen molar-refractivity contribution in [1.29, 1.82) is 0 Å². The molecule has 0 amide bonds. The molecule has 0 fully saturated rings. The zero-order valence-corrected chi connectivity index (χ0v) is 17.5. The van der Waals surface area contributed by atoms with E-state index in [1.807, 2.05) is 13.0 Å². The van der Waals surface area contributed by atoms with Gasteiger partial charge in [-0.2, -0.15) is 0 Å². The molecular formula is C23H25ClO4. The molecule has 0 aromatic heterocycles. The Hall–Kier alpha value is -2.30. The summed E-state index contributed by atoms with van der Waals surface area (Å²) in [5.41, 5.74) is 1.11. The average molecular weight is 401 g/mol. The van der Waals surface area contributed by atoms with E-state index in [-0.39, 0.29) is 22.9 Å². The summed E-state index contributed by atoms with van der Waals surface area (Å²) in [7, 11) is 0. The number of hydrogen-bond acceptors (Lipinski definition) is 4. The summed E-state index contributed by atoms with van der Waals surface area (Å²) < 4.78 is 5.83. The number of ketones is 1. The molecule has 0 aliphatic carbocycles. The van der Waals surface area contributed by atoms with Crippen molar-refractivity contribution >= 4 is 23.0 Å². The number of Topliss-reactive ketones (excluding diaryl/α,β-unsaturated/α-hetero) is 1. The molecule has 0 unspecified atom stereocenters. The molecule has 28 heavy (non-hydrogen) atoms. The smallest absolute Gasteiger partial charge is 0.198 e. The van der Waals surface area contributed by atoms with Crippen molar-refractivity contribution < 1.29 is 19.7 Å². The summed E-state index contributed by atoms with van der Waals surface area (Å²) in [6.07, 6.45) is 0.639. The highest BCUT2D eigenvalue weighted by atomic mass is 35.5. The zero-order chi connectivity index (χ0) is 20.9. The van der Waals surface area contributed by atoms with Crippen molar-refractivity contribution in [2.24, 2.45) is 0 Å². The van der Waals surface area contributed by atoms with Crippen LogP contribution < -0.4 is 0 Å². The predicted molar refractivity (Wildman–Crippen MR) is 112 cm³/mol. The first kappa shape index (κ1) is 20.4. The average Bonchev–Trinajstić information content (AvgIpc) is 2.60. The fourth-order valence-electron chi connectivity index (χ4n) is 3.78. The molecule has 2 aromatic carbocycles. The van der Waals surface area contributed by atoms with E-state index in [9.17, 15) is 15.0 Å². The van der Waals surface area contributed by atoms with Crippen LogP contribution in [0.25, 0.3) is 16.7 Å². The Balaban J connectivity index is 2.22. The van der Waals surface area contributed by atoms with Gasteiger partial charge in [-0.05, 0) is 62.9 Å². The Morgan fingerprint density at radius 1 is 1.04 bits per heavy atom. The third-order valence-corrected chi connectivity index (χ3v) is 5.44. The van der Waals surface area contributed by atoms with Crippen LogP contribution in [0.3, 0.4) is 0 Å². The van der Waals surface area contributed by atoms with Gasteiger partial charge in [0.2, 0.25) is 0 Å². The number of hydrogen-bond donors (Lipinski definition) is 2. The number of phenolic OH excluding ortho intramolecular Hbond substituents is 1. The summed E-state index contributed by atoms with van der Waals surface area (Å²) in [5.74, 6) is -0.235. The van der Waals surface area contributed by atoms with Gasteiger partial charge in [0.1, 0.15) is 22.7 Å². The van der Waals surface area contributed by atoms with Gasteiger partial charge in [-0.25, -0.2) is 0 Å². The van der Waals surface area contributed by atoms with Crippen molar-refractivity contribution in [2.75, 3.05) is 0 Å². The van der Waals surface area contributed by atoms with Crippen molar-refractivity contribution in [2.45, 2.75) is 52.2 Å². The second-order valence-corrected chi connectivity index (χ2v) is 8.44. The zero-order valence-electron chi connectivity index (χ0n) is 16.8. The van der Waals surface area contributed by atoms with E-state index in [0.717, 1.165) is 11.1 Å². The van der Waals surface area contributed by atoms with Gasteiger partial charge in [0, 0.05) is 5.56 Å². The van der Waals surface area contributed by atoms with Gasteiger partial charge < -0.3 is 14.9 Å². The van der Waals surface area contributed by atoms with Crippen molar-refractivity contribution in [3.8, 4) is 16.9 Å². The van der Waals surface area contributed by atoms with Gasteiger partial charge in [0.05, 0.1) is 10.6 Å². The van der Waals surface area contributed by atoms with Crippen LogP contribution >= 0.6 is 11.6 Å². The molecular weight excluding hydrogens is 376 g/mol. The lowest BCUT2D eigenvalue weighted by Gasteiger charge is -2.40. The van der Waals surface area contributed by atoms with Crippen LogP contribution in [0.4, 0.5) is 0 Å². The quantitative estimate of drug-likeness (QED) is 0.693. The maximum Gasteiger partial charge on any atom is 0.198 e. The lowest BCUT2D eigenvalue weighted by Crippen LogP contribution is -2.49. The fraction of sp³-hybridized carbons (Fsp3) is 0.348. The number of carbonyl (C=O) groups excluding carboxylic acids is 1. The lowest BCUT2D eigenvalue weighted by atomic mass is 9.81. The molecule has 5 heteroatoms. The number of rotatable bonds is 3. The highest BCUT2D eigenvalue weighted by molar-refractivity contribution is 6.33. The number of aliphatic hydroxyl groups excluding tert-OH is 1. The molecule has 0 spiro atoms. The number of aliphatic hydroxyl groups is 1. The normalized spacial score (nSPS) is 18.4. The number of aryl methyl sites for hydroxylation is 1. The number of ether oxygens (including phenoxy) is 1. The molecule has 1 aliphatic heterocycles. The van der Waals surface area contributed by atoms with Crippen LogP contribution in [0.5, 0.6) is 5.75 Å². The molecule has 2 N–H and O–H groups in total. The molecule has 1 heterocycles. The molecule has 2 aromatic rings. The monoisotopic (exact) mass is 400 g/mol. The number of halogens is 1. The van der Waals surface area contributed by atoms with E-state index in [1.54, 1.807) is 58.0 Å². The van der Waals surface area contributed by atoms with E-state index in [0.29, 0.717) is 22.6 Å². The molecule has 0 atom stereocenters. The molecule has 1 aliphatic rings. The highest BCUT2D eigenvalue weighted by Crippen LogP contribution is 2.42. The van der Waals surface area contributed by atoms with Crippen molar-refractivity contribution in [3.63, 3.8) is 0 Å². The molecule has 0 bridgehead atoms. The van der Waals surface area contributed by atoms with Crippen molar-refractivity contribution in [1.82, 2.24) is 0 Å². The van der Waals surface area contributed by atoms with Crippen molar-refractivity contribution in [3.05, 3.63) is 58.3 Å². The van der Waals surface area contributed by atoms with E-state index in [2.05, 4.69) is 0 Å². The number of phenols is 1. The van der Waals surface area contributed by atoms with Crippen LogP contribution in [-0.4, -0.2) is 27.2 Å². The Bertz CT molecular complexity index is 966. The highest BCUT2D eigenvalue weighted by Gasteiger charge is 2.47. The van der Waals surface area contributed by atoms with Crippen LogP contribution in [0.1, 0.15) is 45.7 Å². The fourth-order valence-corrected chi connectivity index (χ4v) is 4.05. The maximum atomic E-state index is 13.1. The van der Waals surface area contributed by atoms with Gasteiger partial charge in [0.25, 0.3) is 0 Å². The summed E-state index contributed by atoms with van der Waals surface area (Å²) >= 11 is 6.29. The second kappa shape index (κ2) is 6.94. The van der Waals surface area contributed by atoms with E-state index in [1.165, 1.54) is 0 Å². The molecule has 148 valence electrons. The standard InChI is InChI=1S/C23H25ClO4/c1-6-13-12-14(18-16(24)8-7-9-17(18)25)10-11-15(13)19-20(26)22(2,3)28-23(4,5)21(19)27/h7-12,25-26H,6H2,1-5H3. The maximum absolute atomic E-state index is 13.1. The summed E-state index contributed by atoms with van der Waals surface area (Å²) in [6.45, 7) is 8.90. The molecule has 0 saturated heterocycles. The summed E-state index contributed by atoms with van der Waals surface area (Å²) in [5, 5.41) is 21.5. The molecule has 3 rings (SSSR count). The first-order chi connectivity index (χ1) is 13.0. The van der Waals surface area contributed by atoms with E-state index < -0.39 is 11.2 Å². The van der Waals surface area contributed by atoms with Crippen LogP contribution in [0.2, 0.25) is 5.02 Å². The van der Waals surface area contributed by atoms with E-state index >= 15 is 0 Å². The number of aromatic hydroxyl groups is 1. The Morgan fingerprint density at radius 2 is 1.71 bits per heavy atom. The number of carbonyl (C=O) groups is 1. The minimum Gasteiger partial charge on any atom is -0.508 e. The van der Waals surface area contributed by atoms with Gasteiger partial charge in [-0.1, -0.05) is 42.8 Å². The SMILES string of the molecule is CCc1cc(-c2c(O)cccc2Cl)ccc1C1=C(O)C(C)(C)OC(C)(C)C1=O. The largest absolute Gasteiger partial charge is 0.508 e. The van der Waals surface area contributed by atoms with E-state index in [4.69, 9.17) is 16.3 Å². The predicted octanol–water partition coefficient (Wildman–Crippen LogP) is 5.70. The molecule has 4 nitrogen and oxygen atoms in total. The second-order valence-electron chi connectivity index (χ2n) is 8.03. The van der Waals surface area contributed by atoms with Gasteiger partial charge >= 0.3 is 0 Å². The Morgan fingerprint density at radius 3 is 2.32 bits per heavy atom. The molecule has 0 saturated carbocycles. The van der Waals surface area contributed by atoms with Gasteiger partial charge in [0.15, 0.2) is 5.78 Å². The van der Waals surface area contributed by atoms with Crippen LogP contribution in [-0.2, 0) is 16.0 Å².